The number of furan rings is 1. The van der Waals surface area contributed by atoms with Gasteiger partial charge in [-0.05, 0) is 54.8 Å². The standard InChI is InChI=1S/C24H22BrN5O3/c25-17-8-9-20-18(13-17)22(27-28-23(31)21-7-4-12-33-21)24(32)30(20)15-29-11-2-1-6-19(29)16-5-3-10-26-14-16/h3-5,7-10,12-14,19,32H,1-2,6,11,15H2/t19-/m0/s1. The van der Waals surface area contributed by atoms with Gasteiger partial charge in [0.25, 0.3) is 0 Å². The normalized spacial score (nSPS) is 17.2. The molecule has 0 radical (unpaired) electrons. The van der Waals surface area contributed by atoms with Crippen molar-refractivity contribution in [2.45, 2.75) is 32.0 Å². The number of pyridine rings is 1. The van der Waals surface area contributed by atoms with Gasteiger partial charge in [0.05, 0.1) is 18.4 Å². The van der Waals surface area contributed by atoms with Gasteiger partial charge in [-0.1, -0.05) is 28.4 Å². The highest BCUT2D eigenvalue weighted by Crippen LogP contribution is 2.41. The average molecular weight is 508 g/mol. The van der Waals surface area contributed by atoms with E-state index in [9.17, 15) is 9.90 Å². The summed E-state index contributed by atoms with van der Waals surface area (Å²) < 4.78 is 7.75. The van der Waals surface area contributed by atoms with E-state index in [4.69, 9.17) is 4.42 Å². The smallest absolute Gasteiger partial charge is 0.331 e. The van der Waals surface area contributed by atoms with Crippen molar-refractivity contribution < 1.29 is 14.3 Å². The van der Waals surface area contributed by atoms with E-state index in [1.54, 1.807) is 12.3 Å². The Morgan fingerprint density at radius 1 is 1.24 bits per heavy atom. The lowest BCUT2D eigenvalue weighted by Gasteiger charge is -2.36. The lowest BCUT2D eigenvalue weighted by Crippen LogP contribution is -2.34. The van der Waals surface area contributed by atoms with E-state index < -0.39 is 5.91 Å². The van der Waals surface area contributed by atoms with Gasteiger partial charge in [-0.25, -0.2) is 0 Å². The van der Waals surface area contributed by atoms with Gasteiger partial charge in [0.15, 0.2) is 11.4 Å². The number of hydrogen-bond acceptors (Lipinski definition) is 6. The molecule has 9 heteroatoms. The lowest BCUT2D eigenvalue weighted by atomic mass is 9.97. The van der Waals surface area contributed by atoms with Crippen LogP contribution in [0.1, 0.15) is 41.4 Å². The van der Waals surface area contributed by atoms with E-state index in [2.05, 4.69) is 42.1 Å². The number of benzene rings is 1. The number of likely N-dealkylation sites (tertiary alicyclic amines) is 1. The highest BCUT2D eigenvalue weighted by Gasteiger charge is 2.27. The largest absolute Gasteiger partial charge is 0.493 e. The summed E-state index contributed by atoms with van der Waals surface area (Å²) in [6.07, 6.45) is 8.36. The van der Waals surface area contributed by atoms with Gasteiger partial charge in [-0.3, -0.25) is 19.2 Å². The Bertz CT molecular complexity index is 1300. The van der Waals surface area contributed by atoms with E-state index >= 15 is 0 Å². The molecule has 1 amide bonds. The summed E-state index contributed by atoms with van der Waals surface area (Å²) in [7, 11) is 0. The van der Waals surface area contributed by atoms with Crippen molar-refractivity contribution >= 4 is 38.4 Å². The van der Waals surface area contributed by atoms with E-state index in [0.717, 1.165) is 35.8 Å². The van der Waals surface area contributed by atoms with Crippen molar-refractivity contribution in [3.63, 3.8) is 0 Å². The molecule has 3 aromatic heterocycles. The van der Waals surface area contributed by atoms with E-state index in [1.165, 1.54) is 17.9 Å². The van der Waals surface area contributed by atoms with Crippen LogP contribution in [0.15, 0.2) is 80.2 Å². The zero-order valence-electron chi connectivity index (χ0n) is 17.8. The van der Waals surface area contributed by atoms with Crippen LogP contribution in [0, 0.1) is 0 Å². The van der Waals surface area contributed by atoms with E-state index in [0.29, 0.717) is 12.1 Å². The number of nitrogens with zero attached hydrogens (tertiary/aromatic N) is 5. The maximum atomic E-state index is 12.3. The van der Waals surface area contributed by atoms with Crippen LogP contribution in [-0.2, 0) is 6.67 Å². The molecule has 0 spiro atoms. The van der Waals surface area contributed by atoms with Crippen LogP contribution < -0.4 is 0 Å². The molecule has 1 fully saturated rings. The van der Waals surface area contributed by atoms with Crippen molar-refractivity contribution in [1.29, 1.82) is 0 Å². The summed E-state index contributed by atoms with van der Waals surface area (Å²) in [5, 5.41) is 19.8. The minimum absolute atomic E-state index is 0.0328. The first kappa shape index (κ1) is 21.5. The molecule has 1 saturated heterocycles. The second-order valence-electron chi connectivity index (χ2n) is 8.00. The topological polar surface area (TPSA) is 96.2 Å². The fourth-order valence-electron chi connectivity index (χ4n) is 4.37. The van der Waals surface area contributed by atoms with Gasteiger partial charge >= 0.3 is 5.91 Å². The Balaban J connectivity index is 1.52. The molecule has 168 valence electrons. The zero-order chi connectivity index (χ0) is 22.8. The summed E-state index contributed by atoms with van der Waals surface area (Å²) in [5.74, 6) is -0.548. The van der Waals surface area contributed by atoms with Crippen LogP contribution in [0.25, 0.3) is 10.9 Å². The predicted molar refractivity (Wildman–Crippen MR) is 126 cm³/mol. The highest BCUT2D eigenvalue weighted by molar-refractivity contribution is 9.10. The van der Waals surface area contributed by atoms with E-state index in [1.807, 2.05) is 35.0 Å². The third-order valence-electron chi connectivity index (χ3n) is 5.95. The third kappa shape index (κ3) is 4.34. The summed E-state index contributed by atoms with van der Waals surface area (Å²) in [4.78, 5) is 18.9. The number of fused-ring (bicyclic) bond motifs is 1. The molecule has 0 bridgehead atoms. The van der Waals surface area contributed by atoms with Gasteiger partial charge in [-0.2, -0.15) is 0 Å². The summed E-state index contributed by atoms with van der Waals surface area (Å²) >= 11 is 3.49. The number of carbonyl (C=O) groups excluding carboxylic acids is 1. The molecule has 8 nitrogen and oxygen atoms in total. The molecular formula is C24H22BrN5O3. The fraction of sp³-hybridized carbons (Fsp3) is 0.250. The van der Waals surface area contributed by atoms with Crippen LogP contribution in [0.5, 0.6) is 5.88 Å². The summed E-state index contributed by atoms with van der Waals surface area (Å²) in [6.45, 7) is 1.38. The highest BCUT2D eigenvalue weighted by atomic mass is 79.9. The molecule has 4 aromatic rings. The van der Waals surface area contributed by atoms with E-state index in [-0.39, 0.29) is 23.4 Å². The van der Waals surface area contributed by atoms with Crippen LogP contribution >= 0.6 is 15.9 Å². The monoisotopic (exact) mass is 507 g/mol. The van der Waals surface area contributed by atoms with Gasteiger partial charge in [0, 0.05) is 34.8 Å². The van der Waals surface area contributed by atoms with Crippen molar-refractivity contribution in [2.75, 3.05) is 6.54 Å². The number of amides is 1. The molecular weight excluding hydrogens is 486 g/mol. The first-order valence-corrected chi connectivity index (χ1v) is 11.6. The van der Waals surface area contributed by atoms with Gasteiger partial charge in [0.1, 0.15) is 0 Å². The molecule has 1 aromatic carbocycles. The lowest BCUT2D eigenvalue weighted by molar-refractivity contribution is 0.0968. The van der Waals surface area contributed by atoms with Crippen molar-refractivity contribution in [3.8, 4) is 5.88 Å². The van der Waals surface area contributed by atoms with Crippen LogP contribution in [0.3, 0.4) is 0 Å². The maximum Gasteiger partial charge on any atom is 0.331 e. The summed E-state index contributed by atoms with van der Waals surface area (Å²) in [5.41, 5.74) is 2.23. The molecule has 5 rings (SSSR count). The number of halogens is 1. The molecule has 4 heterocycles. The van der Waals surface area contributed by atoms with Crippen LogP contribution in [-0.4, -0.2) is 32.0 Å². The number of hydrogen-bond donors (Lipinski definition) is 1. The number of piperidine rings is 1. The van der Waals surface area contributed by atoms with Gasteiger partial charge in [-0.15, -0.1) is 10.2 Å². The van der Waals surface area contributed by atoms with Crippen molar-refractivity contribution in [2.24, 2.45) is 10.2 Å². The predicted octanol–water partition coefficient (Wildman–Crippen LogP) is 6.21. The average Bonchev–Trinajstić information content (AvgIpc) is 3.46. The first-order chi connectivity index (χ1) is 16.1. The molecule has 1 atom stereocenters. The number of azo groups is 1. The van der Waals surface area contributed by atoms with Gasteiger partial charge in [0.2, 0.25) is 5.88 Å². The number of carbonyl (C=O) groups is 1. The quantitative estimate of drug-likeness (QED) is 0.324. The van der Waals surface area contributed by atoms with Crippen molar-refractivity contribution in [3.05, 3.63) is 76.9 Å². The van der Waals surface area contributed by atoms with Gasteiger partial charge < -0.3 is 9.52 Å². The SMILES string of the molecule is O=C(N=Nc1c(O)n(CN2CCCC[C@H]2c2cccnc2)c2ccc(Br)cc12)c1ccco1. The Morgan fingerprint density at radius 3 is 2.94 bits per heavy atom. The Labute approximate surface area is 198 Å². The first-order valence-electron chi connectivity index (χ1n) is 10.8. The fourth-order valence-corrected chi connectivity index (χ4v) is 4.74. The Morgan fingerprint density at radius 2 is 2.15 bits per heavy atom. The number of aromatic nitrogens is 2. The summed E-state index contributed by atoms with van der Waals surface area (Å²) in [6, 6.07) is 13.1. The maximum absolute atomic E-state index is 12.3. The third-order valence-corrected chi connectivity index (χ3v) is 6.44. The molecule has 0 unspecified atom stereocenters. The zero-order valence-corrected chi connectivity index (χ0v) is 19.4. The van der Waals surface area contributed by atoms with Crippen molar-refractivity contribution in [1.82, 2.24) is 14.5 Å². The second-order valence-corrected chi connectivity index (χ2v) is 8.91. The Hall–Kier alpha value is -3.30. The molecule has 1 aliphatic rings. The Kier molecular flexibility index (Phi) is 6.06. The minimum atomic E-state index is -0.608. The second kappa shape index (κ2) is 9.29. The molecule has 0 aliphatic carbocycles. The molecule has 1 N–H and O–H groups in total. The van der Waals surface area contributed by atoms with Crippen LogP contribution in [0.2, 0.25) is 0 Å². The molecule has 0 saturated carbocycles. The number of rotatable bonds is 5. The molecule has 33 heavy (non-hydrogen) atoms. The number of aromatic hydroxyl groups is 1. The van der Waals surface area contributed by atoms with Crippen LogP contribution in [0.4, 0.5) is 5.69 Å². The minimum Gasteiger partial charge on any atom is -0.493 e. The molecule has 1 aliphatic heterocycles.